The molecule has 1 amide bonds. The molecule has 2 aromatic carbocycles. The molecule has 5 rings (SSSR count). The van der Waals surface area contributed by atoms with E-state index >= 15 is 0 Å². The Labute approximate surface area is 255 Å². The Hall–Kier alpha value is -2.37. The third kappa shape index (κ3) is 7.58. The van der Waals surface area contributed by atoms with E-state index in [1.54, 1.807) is 0 Å². The molecule has 3 aliphatic rings. The lowest BCUT2D eigenvalue weighted by atomic mass is 9.75. The molecule has 42 heavy (non-hydrogen) atoms. The zero-order chi connectivity index (χ0) is 29.5. The number of amides is 1. The van der Waals surface area contributed by atoms with Crippen LogP contribution in [0.2, 0.25) is 0 Å². The third-order valence-electron chi connectivity index (χ3n) is 10.3. The average molecular weight is 574 g/mol. The van der Waals surface area contributed by atoms with Crippen LogP contribution in [0.15, 0.2) is 42.5 Å². The Morgan fingerprint density at radius 3 is 2.40 bits per heavy atom. The molecule has 5 heteroatoms. The van der Waals surface area contributed by atoms with Crippen LogP contribution in [0.3, 0.4) is 0 Å². The van der Waals surface area contributed by atoms with Crippen molar-refractivity contribution in [3.05, 3.63) is 64.7 Å². The lowest BCUT2D eigenvalue weighted by molar-refractivity contribution is -0.129. The van der Waals surface area contributed by atoms with Gasteiger partial charge in [0.1, 0.15) is 5.75 Å². The van der Waals surface area contributed by atoms with E-state index in [9.17, 15) is 4.79 Å². The van der Waals surface area contributed by atoms with Crippen molar-refractivity contribution in [3.8, 4) is 5.75 Å². The lowest BCUT2D eigenvalue weighted by Crippen LogP contribution is -2.51. The Balaban J connectivity index is 1.27. The van der Waals surface area contributed by atoms with E-state index < -0.39 is 0 Å². The Morgan fingerprint density at radius 1 is 0.929 bits per heavy atom. The summed E-state index contributed by atoms with van der Waals surface area (Å²) in [6.07, 6.45) is 11.9. The second kappa shape index (κ2) is 14.4. The van der Waals surface area contributed by atoms with E-state index in [1.807, 2.05) is 32.0 Å². The van der Waals surface area contributed by atoms with E-state index in [0.717, 1.165) is 62.7 Å². The molecule has 1 aliphatic carbocycles. The van der Waals surface area contributed by atoms with E-state index in [-0.39, 0.29) is 17.4 Å². The van der Waals surface area contributed by atoms with Crippen molar-refractivity contribution in [2.45, 2.75) is 109 Å². The highest BCUT2D eigenvalue weighted by atomic mass is 16.5. The van der Waals surface area contributed by atoms with Gasteiger partial charge in [-0.3, -0.25) is 9.69 Å². The van der Waals surface area contributed by atoms with Crippen LogP contribution in [0.5, 0.6) is 5.75 Å². The second-order valence-electron chi connectivity index (χ2n) is 13.4. The fraction of sp³-hybridized carbons (Fsp3) is 0.649. The minimum absolute atomic E-state index is 0.0228. The first kappa shape index (κ1) is 31.1. The molecule has 2 aromatic rings. The van der Waals surface area contributed by atoms with Gasteiger partial charge in [-0.1, -0.05) is 63.4 Å². The van der Waals surface area contributed by atoms with Gasteiger partial charge in [-0.05, 0) is 93.3 Å². The zero-order valence-electron chi connectivity index (χ0n) is 26.9. The quantitative estimate of drug-likeness (QED) is 0.302. The zero-order valence-corrected chi connectivity index (χ0v) is 26.9. The molecule has 0 radical (unpaired) electrons. The average Bonchev–Trinajstić information content (AvgIpc) is 3.46. The van der Waals surface area contributed by atoms with Gasteiger partial charge in [-0.2, -0.15) is 0 Å². The molecule has 2 aliphatic heterocycles. The first-order valence-electron chi connectivity index (χ1n) is 17.0. The topological polar surface area (TPSA) is 36.0 Å². The molecule has 0 N–H and O–H groups in total. The van der Waals surface area contributed by atoms with Crippen molar-refractivity contribution in [1.29, 1.82) is 0 Å². The van der Waals surface area contributed by atoms with Gasteiger partial charge in [-0.15, -0.1) is 0 Å². The number of piperazine rings is 1. The monoisotopic (exact) mass is 573 g/mol. The van der Waals surface area contributed by atoms with Gasteiger partial charge in [0.25, 0.3) is 0 Å². The Bertz CT molecular complexity index is 1170. The number of ether oxygens (including phenoxy) is 1. The van der Waals surface area contributed by atoms with Gasteiger partial charge >= 0.3 is 0 Å². The van der Waals surface area contributed by atoms with E-state index in [2.05, 4.69) is 52.8 Å². The maximum Gasteiger partial charge on any atom is 0.227 e. The molecule has 0 spiro atoms. The van der Waals surface area contributed by atoms with Crippen molar-refractivity contribution in [1.82, 2.24) is 14.7 Å². The number of aryl methyl sites for hydroxylation is 2. The normalized spacial score (nSPS) is 22.6. The number of carbonyl (C=O) groups excluding carboxylic acids is 1. The van der Waals surface area contributed by atoms with Gasteiger partial charge in [0, 0.05) is 50.7 Å². The van der Waals surface area contributed by atoms with Gasteiger partial charge < -0.3 is 14.5 Å². The van der Waals surface area contributed by atoms with Crippen molar-refractivity contribution >= 4 is 5.91 Å². The molecule has 2 saturated heterocycles. The molecule has 3 fully saturated rings. The van der Waals surface area contributed by atoms with Crippen molar-refractivity contribution in [2.75, 3.05) is 45.8 Å². The molecule has 0 bridgehead atoms. The van der Waals surface area contributed by atoms with Gasteiger partial charge in [0.05, 0.1) is 12.5 Å². The molecule has 230 valence electrons. The molecule has 2 heterocycles. The second-order valence-corrected chi connectivity index (χ2v) is 13.4. The summed E-state index contributed by atoms with van der Waals surface area (Å²) in [6, 6.07) is 16.1. The maximum absolute atomic E-state index is 13.7. The van der Waals surface area contributed by atoms with Crippen molar-refractivity contribution in [3.63, 3.8) is 0 Å². The van der Waals surface area contributed by atoms with E-state index in [1.165, 1.54) is 75.0 Å². The fourth-order valence-corrected chi connectivity index (χ4v) is 7.76. The summed E-state index contributed by atoms with van der Waals surface area (Å²) in [6.45, 7) is 16.2. The summed E-state index contributed by atoms with van der Waals surface area (Å²) in [4.78, 5) is 21.3. The number of benzene rings is 2. The smallest absolute Gasteiger partial charge is 0.227 e. The van der Waals surface area contributed by atoms with Gasteiger partial charge in [-0.25, -0.2) is 0 Å². The van der Waals surface area contributed by atoms with E-state index in [0.29, 0.717) is 6.42 Å². The molecule has 0 aromatic heterocycles. The highest BCUT2D eigenvalue weighted by molar-refractivity contribution is 5.79. The van der Waals surface area contributed by atoms with Crippen LogP contribution in [-0.4, -0.2) is 78.6 Å². The molecule has 1 saturated carbocycles. The number of rotatable bonds is 11. The summed E-state index contributed by atoms with van der Waals surface area (Å²) in [5.41, 5.74) is 5.44. The summed E-state index contributed by atoms with van der Waals surface area (Å²) in [5.74, 6) is 1.08. The van der Waals surface area contributed by atoms with Crippen LogP contribution < -0.4 is 4.74 Å². The maximum atomic E-state index is 13.7. The van der Waals surface area contributed by atoms with Gasteiger partial charge in [0.2, 0.25) is 5.91 Å². The number of likely N-dealkylation sites (tertiary alicyclic amines) is 1. The predicted molar refractivity (Wildman–Crippen MR) is 173 cm³/mol. The minimum atomic E-state index is 0.0228. The Morgan fingerprint density at radius 2 is 1.69 bits per heavy atom. The van der Waals surface area contributed by atoms with Crippen LogP contribution in [0.25, 0.3) is 0 Å². The van der Waals surface area contributed by atoms with Crippen LogP contribution in [0.1, 0.15) is 94.9 Å². The lowest BCUT2D eigenvalue weighted by Gasteiger charge is -2.42. The first-order chi connectivity index (χ1) is 20.4. The van der Waals surface area contributed by atoms with Crippen molar-refractivity contribution < 1.29 is 9.53 Å². The summed E-state index contributed by atoms with van der Waals surface area (Å²) in [7, 11) is 0. The number of hydrogen-bond donors (Lipinski definition) is 0. The molecular weight excluding hydrogens is 518 g/mol. The standard InChI is InChI=1S/C37H55N3O2/c1-5-31-15-16-33(27-32(31)6-2)37(17-19-38-21-23-39(24-22-38)34-12-8-7-9-13-34)18-20-40(28-37)36(41)26-30-11-10-14-35(25-30)42-29(3)4/h10-11,14-16,25,27,29,34H,5-9,12-13,17-24,26,28H2,1-4H3/t37-/m1/s1. The fourth-order valence-electron chi connectivity index (χ4n) is 7.76. The highest BCUT2D eigenvalue weighted by Crippen LogP contribution is 2.39. The predicted octanol–water partition coefficient (Wildman–Crippen LogP) is 6.65. The molecular formula is C37H55N3O2. The van der Waals surface area contributed by atoms with Crippen LogP contribution in [0, 0.1) is 0 Å². The molecule has 1 atom stereocenters. The first-order valence-corrected chi connectivity index (χ1v) is 17.0. The molecule has 0 unspecified atom stereocenters. The van der Waals surface area contributed by atoms with Crippen molar-refractivity contribution in [2.24, 2.45) is 0 Å². The molecule has 5 nitrogen and oxygen atoms in total. The highest BCUT2D eigenvalue weighted by Gasteiger charge is 2.41. The summed E-state index contributed by atoms with van der Waals surface area (Å²) < 4.78 is 5.89. The van der Waals surface area contributed by atoms with Crippen LogP contribution in [0.4, 0.5) is 0 Å². The van der Waals surface area contributed by atoms with E-state index in [4.69, 9.17) is 4.74 Å². The third-order valence-corrected chi connectivity index (χ3v) is 10.3. The number of hydrogen-bond acceptors (Lipinski definition) is 4. The largest absolute Gasteiger partial charge is 0.491 e. The number of carbonyl (C=O) groups is 1. The number of nitrogens with zero attached hydrogens (tertiary/aromatic N) is 3. The van der Waals surface area contributed by atoms with Gasteiger partial charge in [0.15, 0.2) is 0 Å². The minimum Gasteiger partial charge on any atom is -0.491 e. The SMILES string of the molecule is CCc1ccc([C@]2(CCN3CCN(C4CCCCC4)CC3)CCN(C(=O)Cc3cccc(OC(C)C)c3)C2)cc1CC. The van der Waals surface area contributed by atoms with Crippen LogP contribution in [-0.2, 0) is 29.5 Å². The Kier molecular flexibility index (Phi) is 10.7. The summed E-state index contributed by atoms with van der Waals surface area (Å²) >= 11 is 0. The summed E-state index contributed by atoms with van der Waals surface area (Å²) in [5, 5.41) is 0. The van der Waals surface area contributed by atoms with Crippen LogP contribution >= 0.6 is 0 Å².